The van der Waals surface area contributed by atoms with Gasteiger partial charge in [-0.05, 0) is 50.3 Å². The number of benzene rings is 2. The third kappa shape index (κ3) is 5.93. The number of alkyl halides is 3. The number of hydrogen-bond acceptors (Lipinski definition) is 5. The summed E-state index contributed by atoms with van der Waals surface area (Å²) in [6, 6.07) is 13.3. The Labute approximate surface area is 192 Å². The van der Waals surface area contributed by atoms with Crippen LogP contribution in [0.1, 0.15) is 12.0 Å². The van der Waals surface area contributed by atoms with Crippen molar-refractivity contribution in [3.63, 3.8) is 0 Å². The third-order valence-electron chi connectivity index (χ3n) is 5.38. The van der Waals surface area contributed by atoms with Crippen LogP contribution in [0.5, 0.6) is 5.75 Å². The van der Waals surface area contributed by atoms with E-state index < -0.39 is 33.7 Å². The summed E-state index contributed by atoms with van der Waals surface area (Å²) in [4.78, 5) is 1.97. The van der Waals surface area contributed by atoms with Gasteiger partial charge in [-0.3, -0.25) is 0 Å². The molecule has 2 aromatic rings. The van der Waals surface area contributed by atoms with E-state index in [1.54, 1.807) is 32.3 Å². The topological polar surface area (TPSA) is 70.1 Å². The Morgan fingerprint density at radius 2 is 1.81 bits per heavy atom. The van der Waals surface area contributed by atoms with Crippen molar-refractivity contribution in [1.29, 1.82) is 0 Å². The van der Waals surface area contributed by atoms with Crippen molar-refractivity contribution in [3.05, 3.63) is 60.2 Å². The van der Waals surface area contributed by atoms with Gasteiger partial charge in [0.15, 0.2) is 0 Å². The van der Waals surface area contributed by atoms with E-state index in [0.717, 1.165) is 12.1 Å². The van der Waals surface area contributed by atoms with Crippen LogP contribution in [-0.2, 0) is 15.6 Å². The number of halogens is 4. The maximum atomic E-state index is 13.1. The normalized spacial score (nSPS) is 22.4. The summed E-state index contributed by atoms with van der Waals surface area (Å²) in [6.07, 6.45) is -4.82. The lowest BCUT2D eigenvalue weighted by atomic mass is 9.76. The van der Waals surface area contributed by atoms with Crippen molar-refractivity contribution < 1.29 is 31.4 Å². The second-order valence-electron chi connectivity index (χ2n) is 7.89. The average Bonchev–Trinajstić information content (AvgIpc) is 2.69. The van der Waals surface area contributed by atoms with Gasteiger partial charge in [0.1, 0.15) is 5.75 Å². The maximum absolute atomic E-state index is 13.1. The second-order valence-corrected chi connectivity index (χ2v) is 9.82. The molecule has 2 atom stereocenters. The average molecular weight is 495 g/mol. The molecule has 1 heterocycles. The highest BCUT2D eigenvalue weighted by Gasteiger charge is 2.46. The number of ether oxygens (including phenoxy) is 1. The second kappa shape index (κ2) is 9.96. The zero-order valence-electron chi connectivity index (χ0n) is 17.6. The summed E-state index contributed by atoms with van der Waals surface area (Å²) < 4.78 is 69.4. The molecule has 0 amide bonds. The van der Waals surface area contributed by atoms with Crippen LogP contribution in [0.2, 0.25) is 0 Å². The van der Waals surface area contributed by atoms with Crippen molar-refractivity contribution in [2.45, 2.75) is 23.3 Å². The van der Waals surface area contributed by atoms with E-state index >= 15 is 0 Å². The van der Waals surface area contributed by atoms with Gasteiger partial charge in [-0.15, -0.1) is 25.6 Å². The van der Waals surface area contributed by atoms with Crippen molar-refractivity contribution in [2.75, 3.05) is 33.7 Å². The van der Waals surface area contributed by atoms with E-state index in [1.165, 1.54) is 28.6 Å². The van der Waals surface area contributed by atoms with Crippen LogP contribution in [0.4, 0.5) is 13.2 Å². The lowest BCUT2D eigenvalue weighted by Gasteiger charge is -2.45. The number of aliphatic hydroxyl groups is 1. The van der Waals surface area contributed by atoms with E-state index in [2.05, 4.69) is 4.74 Å². The lowest BCUT2D eigenvalue weighted by Crippen LogP contribution is -2.54. The minimum Gasteiger partial charge on any atom is -0.406 e. The molecular weight excluding hydrogens is 469 g/mol. The molecule has 2 aromatic carbocycles. The van der Waals surface area contributed by atoms with Gasteiger partial charge in [-0.25, -0.2) is 8.42 Å². The summed E-state index contributed by atoms with van der Waals surface area (Å²) in [5.74, 6) is -1.00. The fourth-order valence-corrected chi connectivity index (χ4v) is 5.45. The van der Waals surface area contributed by atoms with Crippen molar-refractivity contribution in [2.24, 2.45) is 5.92 Å². The molecule has 1 aliphatic rings. The van der Waals surface area contributed by atoms with Gasteiger partial charge in [0.2, 0.25) is 10.0 Å². The molecule has 0 aromatic heterocycles. The molecule has 1 saturated heterocycles. The van der Waals surface area contributed by atoms with E-state index in [1.807, 2.05) is 4.90 Å². The van der Waals surface area contributed by atoms with Crippen LogP contribution in [0.15, 0.2) is 59.5 Å². The molecule has 0 spiro atoms. The SMILES string of the molecule is CN(C)CC1CN(S(=O)(=O)c2ccccc2)CCC1(O)c1cccc(OC(F)(F)F)c1.Cl. The maximum Gasteiger partial charge on any atom is 0.573 e. The van der Waals surface area contributed by atoms with Crippen LogP contribution in [0.25, 0.3) is 0 Å². The molecule has 11 heteroatoms. The smallest absolute Gasteiger partial charge is 0.406 e. The van der Waals surface area contributed by atoms with Crippen molar-refractivity contribution in [1.82, 2.24) is 9.21 Å². The highest BCUT2D eigenvalue weighted by atomic mass is 35.5. The molecule has 1 N–H and O–H groups in total. The van der Waals surface area contributed by atoms with Crippen molar-refractivity contribution >= 4 is 22.4 Å². The summed E-state index contributed by atoms with van der Waals surface area (Å²) >= 11 is 0. The van der Waals surface area contributed by atoms with E-state index in [4.69, 9.17) is 0 Å². The van der Waals surface area contributed by atoms with Gasteiger partial charge in [0.05, 0.1) is 10.5 Å². The molecule has 6 nitrogen and oxygen atoms in total. The largest absolute Gasteiger partial charge is 0.573 e. The number of nitrogens with zero attached hydrogens (tertiary/aromatic N) is 2. The molecule has 0 saturated carbocycles. The van der Waals surface area contributed by atoms with Gasteiger partial charge < -0.3 is 14.7 Å². The van der Waals surface area contributed by atoms with Gasteiger partial charge in [0.25, 0.3) is 0 Å². The first-order valence-electron chi connectivity index (χ1n) is 9.70. The summed E-state index contributed by atoms with van der Waals surface area (Å²) in [7, 11) is -0.193. The molecule has 3 rings (SSSR count). The first kappa shape index (κ1) is 26.4. The molecule has 2 unspecified atom stereocenters. The first-order valence-corrected chi connectivity index (χ1v) is 11.1. The standard InChI is InChI=1S/C21H25F3N2O4S.ClH/c1-25(2)14-17-15-26(31(28,29)19-9-4-3-5-10-19)12-11-20(17,27)16-7-6-8-18(13-16)30-21(22,23)24;/h3-10,13,17,27H,11-12,14-15H2,1-2H3;1H. The van der Waals surface area contributed by atoms with Crippen LogP contribution in [0.3, 0.4) is 0 Å². The van der Waals surface area contributed by atoms with Crippen molar-refractivity contribution in [3.8, 4) is 5.75 Å². The van der Waals surface area contributed by atoms with Gasteiger partial charge in [0, 0.05) is 25.6 Å². The number of hydrogen-bond donors (Lipinski definition) is 1. The molecule has 1 fully saturated rings. The molecule has 178 valence electrons. The molecule has 32 heavy (non-hydrogen) atoms. The zero-order valence-corrected chi connectivity index (χ0v) is 19.3. The summed E-state index contributed by atoms with van der Waals surface area (Å²) in [5.41, 5.74) is -1.25. The Bertz CT molecular complexity index is 1010. The minimum absolute atomic E-state index is 0. The molecule has 0 radical (unpaired) electrons. The highest BCUT2D eigenvalue weighted by Crippen LogP contribution is 2.40. The molecule has 0 bridgehead atoms. The Hall–Kier alpha value is -1.85. The van der Waals surface area contributed by atoms with Crippen LogP contribution >= 0.6 is 12.4 Å². The summed E-state index contributed by atoms with van der Waals surface area (Å²) in [6.45, 7) is 0.389. The first-order chi connectivity index (χ1) is 14.4. The monoisotopic (exact) mass is 494 g/mol. The Kier molecular flexibility index (Phi) is 8.22. The highest BCUT2D eigenvalue weighted by molar-refractivity contribution is 7.89. The van der Waals surface area contributed by atoms with Crippen LogP contribution in [0, 0.1) is 5.92 Å². The van der Waals surface area contributed by atoms with Gasteiger partial charge >= 0.3 is 6.36 Å². The Morgan fingerprint density at radius 3 is 2.41 bits per heavy atom. The number of rotatable bonds is 6. The van der Waals surface area contributed by atoms with E-state index in [9.17, 15) is 26.7 Å². The van der Waals surface area contributed by atoms with Gasteiger partial charge in [-0.2, -0.15) is 4.31 Å². The van der Waals surface area contributed by atoms with E-state index in [0.29, 0.717) is 6.54 Å². The third-order valence-corrected chi connectivity index (χ3v) is 7.26. The predicted octanol–water partition coefficient (Wildman–Crippen LogP) is 3.47. The lowest BCUT2D eigenvalue weighted by molar-refractivity contribution is -0.274. The molecule has 0 aliphatic carbocycles. The fourth-order valence-electron chi connectivity index (χ4n) is 3.94. The fraction of sp³-hybridized carbons (Fsp3) is 0.429. The summed E-state index contributed by atoms with van der Waals surface area (Å²) in [5, 5.41) is 11.5. The number of sulfonamides is 1. The van der Waals surface area contributed by atoms with Crippen LogP contribution < -0.4 is 4.74 Å². The molecule has 1 aliphatic heterocycles. The quantitative estimate of drug-likeness (QED) is 0.666. The van der Waals surface area contributed by atoms with Crippen LogP contribution in [-0.4, -0.2) is 62.8 Å². The Morgan fingerprint density at radius 1 is 1.16 bits per heavy atom. The predicted molar refractivity (Wildman–Crippen MR) is 116 cm³/mol. The zero-order chi connectivity index (χ0) is 22.9. The molecular formula is C21H26ClF3N2O4S. The van der Waals surface area contributed by atoms with Gasteiger partial charge in [-0.1, -0.05) is 30.3 Å². The Balaban J connectivity index is 0.00000363. The van der Waals surface area contributed by atoms with E-state index in [-0.39, 0.29) is 42.4 Å². The number of piperidine rings is 1. The minimum atomic E-state index is -4.85.